The predicted octanol–water partition coefficient (Wildman–Crippen LogP) is 2.67. The number of nitriles is 1. The molecule has 0 aliphatic carbocycles. The molecule has 1 aliphatic heterocycles. The maximum atomic E-state index is 12.5. The molecule has 0 atom stereocenters. The van der Waals surface area contributed by atoms with Crippen molar-refractivity contribution in [3.63, 3.8) is 0 Å². The van der Waals surface area contributed by atoms with Gasteiger partial charge in [0.1, 0.15) is 11.8 Å². The topological polar surface area (TPSA) is 78.3 Å². The molecule has 1 fully saturated rings. The molecular formula is C18H18F2N4O2. The van der Waals surface area contributed by atoms with E-state index in [0.717, 1.165) is 0 Å². The first-order chi connectivity index (χ1) is 12.5. The van der Waals surface area contributed by atoms with Crippen LogP contribution in [-0.2, 0) is 4.79 Å². The molecule has 3 rings (SSSR count). The number of benzene rings is 1. The third-order valence-electron chi connectivity index (χ3n) is 4.58. The molecule has 1 N–H and O–H groups in total. The van der Waals surface area contributed by atoms with Crippen molar-refractivity contribution in [3.05, 3.63) is 30.0 Å². The van der Waals surface area contributed by atoms with Gasteiger partial charge in [-0.2, -0.15) is 14.0 Å². The minimum atomic E-state index is -2.92. The SMILES string of the molecule is CNC(=O)C1CCN(c2c(C#N)cnc3ccc(OC(F)F)cc23)CC1. The highest BCUT2D eigenvalue weighted by Crippen LogP contribution is 2.34. The van der Waals surface area contributed by atoms with E-state index in [1.807, 2.05) is 4.90 Å². The van der Waals surface area contributed by atoms with Crippen LogP contribution in [0.15, 0.2) is 24.4 Å². The van der Waals surface area contributed by atoms with Crippen molar-refractivity contribution in [1.82, 2.24) is 10.3 Å². The van der Waals surface area contributed by atoms with Crippen LogP contribution < -0.4 is 15.0 Å². The van der Waals surface area contributed by atoms with Gasteiger partial charge in [0.2, 0.25) is 5.91 Å². The number of rotatable bonds is 4. The zero-order chi connectivity index (χ0) is 18.7. The van der Waals surface area contributed by atoms with Crippen molar-refractivity contribution in [2.45, 2.75) is 19.5 Å². The van der Waals surface area contributed by atoms with Crippen molar-refractivity contribution < 1.29 is 18.3 Å². The molecule has 1 aromatic carbocycles. The molecule has 1 aliphatic rings. The quantitative estimate of drug-likeness (QED) is 0.907. The molecule has 26 heavy (non-hydrogen) atoms. The normalized spacial score (nSPS) is 15.1. The smallest absolute Gasteiger partial charge is 0.387 e. The number of pyridine rings is 1. The maximum absolute atomic E-state index is 12.5. The number of carbonyl (C=O) groups is 1. The summed E-state index contributed by atoms with van der Waals surface area (Å²) in [5.41, 5.74) is 1.60. The molecule has 0 bridgehead atoms. The van der Waals surface area contributed by atoms with Crippen LogP contribution in [0.1, 0.15) is 18.4 Å². The highest BCUT2D eigenvalue weighted by atomic mass is 19.3. The minimum Gasteiger partial charge on any atom is -0.435 e. The molecule has 0 radical (unpaired) electrons. The van der Waals surface area contributed by atoms with Gasteiger partial charge in [-0.25, -0.2) is 0 Å². The summed E-state index contributed by atoms with van der Waals surface area (Å²) in [4.78, 5) is 18.0. The standard InChI is InChI=1S/C18H18F2N4O2/c1-22-17(25)11-4-6-24(7-5-11)16-12(9-21)10-23-15-3-2-13(8-14(15)16)26-18(19)20/h2-3,8,10-11,18H,4-7H2,1H3,(H,22,25). The minimum absolute atomic E-state index is 0.0114. The Labute approximate surface area is 149 Å². The van der Waals surface area contributed by atoms with Crippen LogP contribution in [0.2, 0.25) is 0 Å². The number of anilines is 1. The van der Waals surface area contributed by atoms with Gasteiger partial charge < -0.3 is 15.0 Å². The molecule has 0 spiro atoms. The number of hydrogen-bond acceptors (Lipinski definition) is 5. The van der Waals surface area contributed by atoms with Gasteiger partial charge in [0.15, 0.2) is 0 Å². The summed E-state index contributed by atoms with van der Waals surface area (Å²) in [7, 11) is 1.61. The number of ether oxygens (including phenoxy) is 1. The van der Waals surface area contributed by atoms with E-state index in [2.05, 4.69) is 21.1 Å². The number of amides is 1. The summed E-state index contributed by atoms with van der Waals surface area (Å²) >= 11 is 0. The molecule has 2 aromatic rings. The second-order valence-corrected chi connectivity index (χ2v) is 6.07. The Balaban J connectivity index is 1.98. The molecule has 1 amide bonds. The number of fused-ring (bicyclic) bond motifs is 1. The molecule has 6 nitrogen and oxygen atoms in total. The van der Waals surface area contributed by atoms with E-state index in [4.69, 9.17) is 0 Å². The van der Waals surface area contributed by atoms with Crippen molar-refractivity contribution in [2.75, 3.05) is 25.0 Å². The first kappa shape index (κ1) is 17.9. The van der Waals surface area contributed by atoms with Crippen LogP contribution in [0, 0.1) is 17.2 Å². The summed E-state index contributed by atoms with van der Waals surface area (Å²) in [6.07, 6.45) is 2.79. The number of aromatic nitrogens is 1. The average molecular weight is 360 g/mol. The lowest BCUT2D eigenvalue weighted by molar-refractivity contribution is -0.125. The highest BCUT2D eigenvalue weighted by molar-refractivity contribution is 5.95. The Morgan fingerprint density at radius 1 is 1.42 bits per heavy atom. The van der Waals surface area contributed by atoms with Crippen molar-refractivity contribution in [1.29, 1.82) is 5.26 Å². The van der Waals surface area contributed by atoms with Gasteiger partial charge >= 0.3 is 6.61 Å². The fourth-order valence-electron chi connectivity index (χ4n) is 3.33. The van der Waals surface area contributed by atoms with Gasteiger partial charge in [-0.3, -0.25) is 9.78 Å². The molecule has 1 saturated heterocycles. The monoisotopic (exact) mass is 360 g/mol. The third kappa shape index (κ3) is 3.52. The van der Waals surface area contributed by atoms with Crippen LogP contribution in [0.3, 0.4) is 0 Å². The number of alkyl halides is 2. The highest BCUT2D eigenvalue weighted by Gasteiger charge is 2.26. The number of nitrogens with zero attached hydrogens (tertiary/aromatic N) is 3. The first-order valence-corrected chi connectivity index (χ1v) is 8.27. The molecule has 136 valence electrons. The van der Waals surface area contributed by atoms with Crippen LogP contribution in [0.25, 0.3) is 10.9 Å². The van der Waals surface area contributed by atoms with Crippen LogP contribution in [0.5, 0.6) is 5.75 Å². The Morgan fingerprint density at radius 3 is 2.77 bits per heavy atom. The Morgan fingerprint density at radius 2 is 2.15 bits per heavy atom. The zero-order valence-corrected chi connectivity index (χ0v) is 14.2. The van der Waals surface area contributed by atoms with E-state index >= 15 is 0 Å². The fraction of sp³-hybridized carbons (Fsp3) is 0.389. The largest absolute Gasteiger partial charge is 0.435 e. The van der Waals surface area contributed by atoms with E-state index in [-0.39, 0.29) is 17.6 Å². The fourth-order valence-corrected chi connectivity index (χ4v) is 3.33. The predicted molar refractivity (Wildman–Crippen MR) is 92.1 cm³/mol. The molecule has 2 heterocycles. The van der Waals surface area contributed by atoms with Gasteiger partial charge in [-0.05, 0) is 31.0 Å². The summed E-state index contributed by atoms with van der Waals surface area (Å²) in [6, 6.07) is 6.62. The van der Waals surface area contributed by atoms with E-state index in [9.17, 15) is 18.8 Å². The summed E-state index contributed by atoms with van der Waals surface area (Å²) in [6.45, 7) is -1.75. The van der Waals surface area contributed by atoms with E-state index < -0.39 is 6.61 Å². The van der Waals surface area contributed by atoms with Gasteiger partial charge in [-0.15, -0.1) is 0 Å². The lowest BCUT2D eigenvalue weighted by atomic mass is 9.94. The first-order valence-electron chi connectivity index (χ1n) is 8.27. The molecular weight excluding hydrogens is 342 g/mol. The number of nitrogens with one attached hydrogen (secondary N) is 1. The molecule has 0 unspecified atom stereocenters. The van der Waals surface area contributed by atoms with Gasteiger partial charge in [0.25, 0.3) is 0 Å². The van der Waals surface area contributed by atoms with Crippen molar-refractivity contribution in [3.8, 4) is 11.8 Å². The summed E-state index contributed by atoms with van der Waals surface area (Å²) < 4.78 is 29.6. The van der Waals surface area contributed by atoms with Crippen molar-refractivity contribution >= 4 is 22.5 Å². The Kier molecular flexibility index (Phi) is 5.16. The number of halogens is 2. The molecule has 8 heteroatoms. The van der Waals surface area contributed by atoms with E-state index in [1.165, 1.54) is 18.3 Å². The van der Waals surface area contributed by atoms with Gasteiger partial charge in [0, 0.05) is 37.6 Å². The molecule has 1 aromatic heterocycles. The van der Waals surface area contributed by atoms with Crippen molar-refractivity contribution in [2.24, 2.45) is 5.92 Å². The molecule has 0 saturated carbocycles. The summed E-state index contributed by atoms with van der Waals surface area (Å²) in [5.74, 6) is -0.0316. The third-order valence-corrected chi connectivity index (χ3v) is 4.58. The number of piperidine rings is 1. The Hall–Kier alpha value is -2.95. The second-order valence-electron chi connectivity index (χ2n) is 6.07. The maximum Gasteiger partial charge on any atom is 0.387 e. The summed E-state index contributed by atoms with van der Waals surface area (Å²) in [5, 5.41) is 12.7. The van der Waals surface area contributed by atoms with Crippen LogP contribution >= 0.6 is 0 Å². The van der Waals surface area contributed by atoms with E-state index in [1.54, 1.807) is 13.1 Å². The number of hydrogen-bond donors (Lipinski definition) is 1. The Bertz CT molecular complexity index is 858. The number of carbonyl (C=O) groups excluding carboxylic acids is 1. The lowest BCUT2D eigenvalue weighted by Gasteiger charge is -2.34. The van der Waals surface area contributed by atoms with Gasteiger partial charge in [0.05, 0.1) is 16.8 Å². The lowest BCUT2D eigenvalue weighted by Crippen LogP contribution is -2.40. The average Bonchev–Trinajstić information content (AvgIpc) is 2.66. The van der Waals surface area contributed by atoms with E-state index in [0.29, 0.717) is 48.1 Å². The van der Waals surface area contributed by atoms with Crippen LogP contribution in [0.4, 0.5) is 14.5 Å². The van der Waals surface area contributed by atoms with Gasteiger partial charge in [-0.1, -0.05) is 0 Å². The second kappa shape index (κ2) is 7.52. The van der Waals surface area contributed by atoms with Crippen LogP contribution in [-0.4, -0.2) is 37.6 Å². The zero-order valence-electron chi connectivity index (χ0n) is 14.2.